The summed E-state index contributed by atoms with van der Waals surface area (Å²) in [5.41, 5.74) is -0.842. The van der Waals surface area contributed by atoms with Crippen molar-refractivity contribution in [2.24, 2.45) is 5.92 Å². The van der Waals surface area contributed by atoms with Gasteiger partial charge in [0.05, 0.1) is 7.11 Å². The highest BCUT2D eigenvalue weighted by molar-refractivity contribution is 5.81. The third-order valence-corrected chi connectivity index (χ3v) is 3.66. The maximum Gasteiger partial charge on any atom is 0.342 e. The number of aliphatic hydroxyl groups is 1. The summed E-state index contributed by atoms with van der Waals surface area (Å²) in [6.07, 6.45) is 3.88. The van der Waals surface area contributed by atoms with E-state index in [1.807, 2.05) is 32.0 Å². The van der Waals surface area contributed by atoms with E-state index in [0.717, 1.165) is 25.7 Å². The highest BCUT2D eigenvalue weighted by Crippen LogP contribution is 2.41. The number of ether oxygens (including phenoxy) is 1. The van der Waals surface area contributed by atoms with Crippen molar-refractivity contribution < 1.29 is 14.6 Å². The molecule has 2 rings (SSSR count). The molecule has 0 spiro atoms. The zero-order valence-electron chi connectivity index (χ0n) is 12.1. The molecular weight excluding hydrogens is 240 g/mol. The quantitative estimate of drug-likeness (QED) is 0.852. The maximum absolute atomic E-state index is 11.9. The fraction of sp³-hybridized carbons (Fsp3) is 0.562. The Morgan fingerprint density at radius 1 is 1.21 bits per heavy atom. The first-order valence-corrected chi connectivity index (χ1v) is 7.06. The molecule has 1 atom stereocenters. The van der Waals surface area contributed by atoms with Crippen molar-refractivity contribution in [3.8, 4) is 0 Å². The average Bonchev–Trinajstić information content (AvgIpc) is 3.03. The number of carbonyl (C=O) groups is 1. The molecule has 1 aliphatic rings. The molecule has 3 heteroatoms. The van der Waals surface area contributed by atoms with E-state index >= 15 is 0 Å². The van der Waals surface area contributed by atoms with Crippen LogP contribution in [0.1, 0.15) is 45.1 Å². The second-order valence-electron chi connectivity index (χ2n) is 4.61. The van der Waals surface area contributed by atoms with Gasteiger partial charge in [-0.15, -0.1) is 0 Å². The molecule has 1 aliphatic carbocycles. The van der Waals surface area contributed by atoms with Crippen LogP contribution in [0.5, 0.6) is 0 Å². The van der Waals surface area contributed by atoms with E-state index in [2.05, 4.69) is 0 Å². The fourth-order valence-corrected chi connectivity index (χ4v) is 2.71. The molecule has 0 amide bonds. The first-order chi connectivity index (χ1) is 9.19. The van der Waals surface area contributed by atoms with Crippen molar-refractivity contribution in [2.75, 3.05) is 7.11 Å². The van der Waals surface area contributed by atoms with Crippen molar-refractivity contribution in [3.05, 3.63) is 35.9 Å². The van der Waals surface area contributed by atoms with E-state index in [0.29, 0.717) is 5.56 Å². The van der Waals surface area contributed by atoms with E-state index in [1.54, 1.807) is 12.1 Å². The highest BCUT2D eigenvalue weighted by Gasteiger charge is 2.47. The van der Waals surface area contributed by atoms with Crippen LogP contribution in [0.15, 0.2) is 30.3 Å². The summed E-state index contributed by atoms with van der Waals surface area (Å²) in [5.74, 6) is -0.576. The lowest BCUT2D eigenvalue weighted by molar-refractivity contribution is -0.170. The van der Waals surface area contributed by atoms with Crippen molar-refractivity contribution in [1.82, 2.24) is 0 Å². The van der Waals surface area contributed by atoms with Crippen LogP contribution in [0.3, 0.4) is 0 Å². The van der Waals surface area contributed by atoms with Crippen LogP contribution in [0, 0.1) is 5.92 Å². The van der Waals surface area contributed by atoms with Crippen LogP contribution in [-0.4, -0.2) is 18.2 Å². The number of rotatable bonds is 3. The molecule has 0 aliphatic heterocycles. The Kier molecular flexibility index (Phi) is 6.03. The van der Waals surface area contributed by atoms with E-state index in [1.165, 1.54) is 7.11 Å². The van der Waals surface area contributed by atoms with Crippen LogP contribution in [0.2, 0.25) is 0 Å². The third-order valence-electron chi connectivity index (χ3n) is 3.66. The third kappa shape index (κ3) is 3.16. The van der Waals surface area contributed by atoms with E-state index in [-0.39, 0.29) is 5.92 Å². The molecule has 0 bridgehead atoms. The van der Waals surface area contributed by atoms with Gasteiger partial charge in [0.2, 0.25) is 0 Å². The van der Waals surface area contributed by atoms with Gasteiger partial charge < -0.3 is 9.84 Å². The summed E-state index contributed by atoms with van der Waals surface area (Å²) < 4.78 is 4.79. The van der Waals surface area contributed by atoms with Gasteiger partial charge in [-0.25, -0.2) is 4.79 Å². The lowest BCUT2D eigenvalue weighted by atomic mass is 9.80. The number of methoxy groups -OCH3 is 1. The first kappa shape index (κ1) is 15.7. The fourth-order valence-electron chi connectivity index (χ4n) is 2.71. The van der Waals surface area contributed by atoms with Gasteiger partial charge in [-0.05, 0) is 18.4 Å². The van der Waals surface area contributed by atoms with E-state index in [9.17, 15) is 9.90 Å². The van der Waals surface area contributed by atoms with Crippen LogP contribution >= 0.6 is 0 Å². The average molecular weight is 264 g/mol. The van der Waals surface area contributed by atoms with Gasteiger partial charge >= 0.3 is 5.97 Å². The normalized spacial score (nSPS) is 18.1. The summed E-state index contributed by atoms with van der Waals surface area (Å²) in [6.45, 7) is 4.00. The number of carbonyl (C=O) groups excluding carboxylic acids is 1. The Morgan fingerprint density at radius 3 is 2.21 bits per heavy atom. The molecule has 1 saturated carbocycles. The molecule has 3 nitrogen and oxygen atoms in total. The number of hydrogen-bond donors (Lipinski definition) is 1. The number of hydrogen-bond acceptors (Lipinski definition) is 3. The van der Waals surface area contributed by atoms with E-state index < -0.39 is 11.6 Å². The van der Waals surface area contributed by atoms with Crippen LogP contribution in [-0.2, 0) is 15.1 Å². The minimum Gasteiger partial charge on any atom is -0.467 e. The SMILES string of the molecule is CC.COC(=O)C(O)(c1ccccc1)C1CCCC1. The second kappa shape index (κ2) is 7.29. The van der Waals surface area contributed by atoms with Gasteiger partial charge in [0.1, 0.15) is 0 Å². The predicted octanol–water partition coefficient (Wildman–Crippen LogP) is 3.26. The van der Waals surface area contributed by atoms with Crippen LogP contribution in [0.25, 0.3) is 0 Å². The summed E-state index contributed by atoms with van der Waals surface area (Å²) in [6, 6.07) is 9.11. The van der Waals surface area contributed by atoms with E-state index in [4.69, 9.17) is 4.74 Å². The molecule has 0 heterocycles. The Bertz CT molecular complexity index is 382. The Balaban J connectivity index is 0.000000861. The molecule has 0 radical (unpaired) electrons. The maximum atomic E-state index is 11.9. The van der Waals surface area contributed by atoms with Crippen molar-refractivity contribution in [2.45, 2.75) is 45.1 Å². The smallest absolute Gasteiger partial charge is 0.342 e. The molecule has 106 valence electrons. The van der Waals surface area contributed by atoms with Crippen molar-refractivity contribution >= 4 is 5.97 Å². The summed E-state index contributed by atoms with van der Waals surface area (Å²) in [4.78, 5) is 11.9. The van der Waals surface area contributed by atoms with Crippen LogP contribution < -0.4 is 0 Å². The molecule has 1 aromatic carbocycles. The molecule has 0 aromatic heterocycles. The molecular formula is C16H24O3. The second-order valence-corrected chi connectivity index (χ2v) is 4.61. The lowest BCUT2D eigenvalue weighted by Gasteiger charge is -2.31. The minimum atomic E-state index is -1.48. The topological polar surface area (TPSA) is 46.5 Å². The van der Waals surface area contributed by atoms with Gasteiger partial charge in [0.25, 0.3) is 0 Å². The summed E-state index contributed by atoms with van der Waals surface area (Å²) in [7, 11) is 1.32. The summed E-state index contributed by atoms with van der Waals surface area (Å²) in [5, 5.41) is 10.8. The monoisotopic (exact) mass is 264 g/mol. The van der Waals surface area contributed by atoms with Crippen LogP contribution in [0.4, 0.5) is 0 Å². The molecule has 19 heavy (non-hydrogen) atoms. The van der Waals surface area contributed by atoms with Crippen molar-refractivity contribution in [1.29, 1.82) is 0 Å². The van der Waals surface area contributed by atoms with Gasteiger partial charge in [0.15, 0.2) is 5.60 Å². The molecule has 0 saturated heterocycles. The molecule has 1 unspecified atom stereocenters. The standard InChI is InChI=1S/C14H18O3.C2H6/c1-17-13(15)14(16,12-9-5-6-10-12)11-7-3-2-4-8-11;1-2/h2-4,7-8,12,16H,5-6,9-10H2,1H3;1-2H3. The van der Waals surface area contributed by atoms with Gasteiger partial charge in [-0.1, -0.05) is 57.0 Å². The van der Waals surface area contributed by atoms with Gasteiger partial charge in [-0.3, -0.25) is 0 Å². The highest BCUT2D eigenvalue weighted by atomic mass is 16.5. The Morgan fingerprint density at radius 2 is 1.74 bits per heavy atom. The Labute approximate surface area is 115 Å². The minimum absolute atomic E-state index is 0.0302. The number of esters is 1. The lowest BCUT2D eigenvalue weighted by Crippen LogP contribution is -2.43. The zero-order chi connectivity index (χ0) is 14.3. The van der Waals surface area contributed by atoms with Gasteiger partial charge in [0, 0.05) is 5.92 Å². The Hall–Kier alpha value is -1.35. The first-order valence-electron chi connectivity index (χ1n) is 7.06. The number of benzene rings is 1. The van der Waals surface area contributed by atoms with Gasteiger partial charge in [-0.2, -0.15) is 0 Å². The molecule has 1 aromatic rings. The molecule has 1 fully saturated rings. The zero-order valence-corrected chi connectivity index (χ0v) is 12.1. The summed E-state index contributed by atoms with van der Waals surface area (Å²) >= 11 is 0. The molecule has 1 N–H and O–H groups in total. The predicted molar refractivity (Wildman–Crippen MR) is 75.7 cm³/mol. The largest absolute Gasteiger partial charge is 0.467 e. The van der Waals surface area contributed by atoms with Crippen molar-refractivity contribution in [3.63, 3.8) is 0 Å².